The molecule has 4 unspecified atom stereocenters. The maximum atomic E-state index is 6.18. The van der Waals surface area contributed by atoms with Gasteiger partial charge in [0.1, 0.15) is 0 Å². The molecule has 2 fully saturated rings. The van der Waals surface area contributed by atoms with Gasteiger partial charge in [-0.05, 0) is 43.7 Å². The third-order valence-corrected chi connectivity index (χ3v) is 6.71. The lowest BCUT2D eigenvalue weighted by molar-refractivity contribution is -0.0275. The van der Waals surface area contributed by atoms with Crippen LogP contribution in [0.1, 0.15) is 54.6 Å². The van der Waals surface area contributed by atoms with E-state index in [-0.39, 0.29) is 36.2 Å². The highest BCUT2D eigenvalue weighted by molar-refractivity contribution is 14.0. The normalized spacial score (nSPS) is 25.7. The summed E-state index contributed by atoms with van der Waals surface area (Å²) in [6, 6.07) is 19.3. The molecule has 0 saturated carbocycles. The minimum atomic E-state index is 0. The maximum absolute atomic E-state index is 6.18. The number of hydrogen-bond acceptors (Lipinski definition) is 3. The highest BCUT2D eigenvalue weighted by Crippen LogP contribution is 2.34. The molecule has 5 nitrogen and oxygen atoms in total. The van der Waals surface area contributed by atoms with Crippen LogP contribution in [-0.2, 0) is 9.47 Å². The maximum Gasteiger partial charge on any atom is 0.191 e. The van der Waals surface area contributed by atoms with E-state index in [1.807, 2.05) is 7.05 Å². The van der Waals surface area contributed by atoms with Gasteiger partial charge in [0.25, 0.3) is 0 Å². The number of aliphatic imine (C=N–C) groups is 1. The minimum Gasteiger partial charge on any atom is -0.373 e. The van der Waals surface area contributed by atoms with Crippen molar-refractivity contribution in [1.82, 2.24) is 10.6 Å². The SMILES string of the molecule is CN=C(NCC1CCCOC1c1ccccc1)NCC1CCCOC1c1ccc(C)cc1.I. The Bertz CT molecular complexity index is 859. The average Bonchev–Trinajstić information content (AvgIpc) is 2.86. The van der Waals surface area contributed by atoms with Gasteiger partial charge in [0, 0.05) is 45.2 Å². The molecule has 0 spiro atoms. The van der Waals surface area contributed by atoms with E-state index in [0.29, 0.717) is 11.8 Å². The number of rotatable bonds is 6. The van der Waals surface area contributed by atoms with Gasteiger partial charge in [0.15, 0.2) is 5.96 Å². The van der Waals surface area contributed by atoms with Crippen molar-refractivity contribution in [3.8, 4) is 0 Å². The first-order chi connectivity index (χ1) is 15.7. The zero-order valence-corrected chi connectivity index (χ0v) is 22.2. The summed E-state index contributed by atoms with van der Waals surface area (Å²) in [7, 11) is 1.84. The molecule has 4 rings (SSSR count). The topological polar surface area (TPSA) is 54.9 Å². The summed E-state index contributed by atoms with van der Waals surface area (Å²) in [4.78, 5) is 4.48. The van der Waals surface area contributed by atoms with E-state index < -0.39 is 0 Å². The number of nitrogens with zero attached hydrogens (tertiary/aromatic N) is 1. The van der Waals surface area contributed by atoms with E-state index in [0.717, 1.165) is 57.9 Å². The molecule has 4 atom stereocenters. The average molecular weight is 564 g/mol. The molecular weight excluding hydrogens is 525 g/mol. The van der Waals surface area contributed by atoms with Gasteiger partial charge in [0.05, 0.1) is 12.2 Å². The molecule has 2 saturated heterocycles. The van der Waals surface area contributed by atoms with Crippen LogP contribution in [-0.4, -0.2) is 39.3 Å². The van der Waals surface area contributed by atoms with E-state index in [2.05, 4.69) is 77.1 Å². The van der Waals surface area contributed by atoms with Crippen LogP contribution in [0.4, 0.5) is 0 Å². The van der Waals surface area contributed by atoms with Crippen molar-refractivity contribution in [2.24, 2.45) is 16.8 Å². The van der Waals surface area contributed by atoms with Gasteiger partial charge in [0.2, 0.25) is 0 Å². The second kappa shape index (κ2) is 13.3. The molecule has 33 heavy (non-hydrogen) atoms. The fourth-order valence-corrected chi connectivity index (χ4v) is 4.92. The molecule has 0 aliphatic carbocycles. The van der Waals surface area contributed by atoms with Gasteiger partial charge in [-0.3, -0.25) is 4.99 Å². The van der Waals surface area contributed by atoms with Crippen LogP contribution in [0.3, 0.4) is 0 Å². The van der Waals surface area contributed by atoms with E-state index in [9.17, 15) is 0 Å². The summed E-state index contributed by atoms with van der Waals surface area (Å²) in [5.74, 6) is 1.72. The van der Waals surface area contributed by atoms with E-state index >= 15 is 0 Å². The van der Waals surface area contributed by atoms with Gasteiger partial charge < -0.3 is 20.1 Å². The third kappa shape index (κ3) is 7.17. The summed E-state index contributed by atoms with van der Waals surface area (Å²) < 4.78 is 12.3. The molecule has 2 aliphatic rings. The largest absolute Gasteiger partial charge is 0.373 e. The number of guanidine groups is 1. The summed E-state index contributed by atoms with van der Waals surface area (Å²) >= 11 is 0. The van der Waals surface area contributed by atoms with Crippen molar-refractivity contribution in [1.29, 1.82) is 0 Å². The lowest BCUT2D eigenvalue weighted by atomic mass is 9.89. The fraction of sp³-hybridized carbons (Fsp3) is 0.519. The van der Waals surface area contributed by atoms with E-state index in [4.69, 9.17) is 9.47 Å². The number of aryl methyl sites for hydroxylation is 1. The van der Waals surface area contributed by atoms with Crippen LogP contribution in [0.25, 0.3) is 0 Å². The van der Waals surface area contributed by atoms with E-state index in [1.54, 1.807) is 0 Å². The number of benzene rings is 2. The first-order valence-corrected chi connectivity index (χ1v) is 12.0. The summed E-state index contributed by atoms with van der Waals surface area (Å²) in [5.41, 5.74) is 3.82. The molecule has 0 amide bonds. The van der Waals surface area contributed by atoms with Crippen LogP contribution >= 0.6 is 24.0 Å². The first kappa shape index (κ1) is 26.0. The monoisotopic (exact) mass is 563 g/mol. The van der Waals surface area contributed by atoms with Crippen LogP contribution in [0, 0.1) is 18.8 Å². The molecule has 6 heteroatoms. The number of nitrogens with one attached hydrogen (secondary N) is 2. The molecular formula is C27H38IN3O2. The molecule has 0 radical (unpaired) electrons. The van der Waals surface area contributed by atoms with Gasteiger partial charge in [-0.25, -0.2) is 0 Å². The number of halogens is 1. The van der Waals surface area contributed by atoms with E-state index in [1.165, 1.54) is 16.7 Å². The highest BCUT2D eigenvalue weighted by atomic mass is 127. The van der Waals surface area contributed by atoms with Crippen LogP contribution in [0.15, 0.2) is 59.6 Å². The Labute approximate surface area is 215 Å². The molecule has 2 aliphatic heterocycles. The van der Waals surface area contributed by atoms with Crippen molar-refractivity contribution in [3.63, 3.8) is 0 Å². The summed E-state index contributed by atoms with van der Waals surface area (Å²) in [6.07, 6.45) is 4.83. The molecule has 0 aromatic heterocycles. The third-order valence-electron chi connectivity index (χ3n) is 6.71. The van der Waals surface area contributed by atoms with Gasteiger partial charge in [-0.2, -0.15) is 0 Å². The summed E-state index contributed by atoms with van der Waals surface area (Å²) in [6.45, 7) is 5.50. The quantitative estimate of drug-likeness (QED) is 0.280. The lowest BCUT2D eigenvalue weighted by Gasteiger charge is -2.34. The Morgan fingerprint density at radius 1 is 0.818 bits per heavy atom. The molecule has 2 heterocycles. The molecule has 0 bridgehead atoms. The number of ether oxygens (including phenoxy) is 2. The van der Waals surface area contributed by atoms with Crippen molar-refractivity contribution < 1.29 is 9.47 Å². The number of hydrogen-bond donors (Lipinski definition) is 2. The Morgan fingerprint density at radius 2 is 1.33 bits per heavy atom. The molecule has 2 N–H and O–H groups in total. The first-order valence-electron chi connectivity index (χ1n) is 12.0. The second-order valence-electron chi connectivity index (χ2n) is 9.04. The van der Waals surface area contributed by atoms with Crippen LogP contribution < -0.4 is 10.6 Å². The van der Waals surface area contributed by atoms with Crippen molar-refractivity contribution in [2.45, 2.75) is 44.8 Å². The summed E-state index contributed by atoms with van der Waals surface area (Å²) in [5, 5.41) is 7.12. The molecule has 180 valence electrons. The highest BCUT2D eigenvalue weighted by Gasteiger charge is 2.29. The van der Waals surface area contributed by atoms with Gasteiger partial charge in [-0.1, -0.05) is 60.2 Å². The van der Waals surface area contributed by atoms with Crippen molar-refractivity contribution in [3.05, 3.63) is 71.3 Å². The Kier molecular flexibility index (Phi) is 10.5. The Balaban J connectivity index is 0.00000306. The predicted octanol–water partition coefficient (Wildman–Crippen LogP) is 5.41. The standard InChI is InChI=1S/C27H37N3O2.HI/c1-20-12-14-22(15-13-20)26-24(11-7-17-32-26)19-30-27(28-2)29-18-23-10-6-16-31-25(23)21-8-4-3-5-9-21;/h3-5,8-9,12-15,23-26H,6-7,10-11,16-19H2,1-2H3,(H2,28,29,30);1H. The Hall–Kier alpha value is -1.64. The molecule has 2 aromatic carbocycles. The molecule has 2 aromatic rings. The fourth-order valence-electron chi connectivity index (χ4n) is 4.92. The van der Waals surface area contributed by atoms with Crippen LogP contribution in [0.2, 0.25) is 0 Å². The van der Waals surface area contributed by atoms with Gasteiger partial charge in [-0.15, -0.1) is 24.0 Å². The zero-order valence-electron chi connectivity index (χ0n) is 19.8. The zero-order chi connectivity index (χ0) is 22.2. The van der Waals surface area contributed by atoms with Crippen molar-refractivity contribution in [2.75, 3.05) is 33.4 Å². The minimum absolute atomic E-state index is 0. The van der Waals surface area contributed by atoms with Crippen LogP contribution in [0.5, 0.6) is 0 Å². The smallest absolute Gasteiger partial charge is 0.191 e. The Morgan fingerprint density at radius 3 is 1.85 bits per heavy atom. The van der Waals surface area contributed by atoms with Crippen molar-refractivity contribution >= 4 is 29.9 Å². The second-order valence-corrected chi connectivity index (χ2v) is 9.04. The predicted molar refractivity (Wildman–Crippen MR) is 145 cm³/mol. The lowest BCUT2D eigenvalue weighted by Crippen LogP contribution is -2.44. The van der Waals surface area contributed by atoms with Gasteiger partial charge >= 0.3 is 0 Å².